The molecule has 18 heteroatoms. The lowest BCUT2D eigenvalue weighted by Crippen LogP contribution is -2.54. The highest BCUT2D eigenvalue weighted by Crippen LogP contribution is 2.34. The molecule has 5 fully saturated rings. The lowest BCUT2D eigenvalue weighted by atomic mass is 9.87. The maximum Gasteiger partial charge on any atom is 0.410 e. The fourth-order valence-corrected chi connectivity index (χ4v) is 12.3. The molecule has 1 unspecified atom stereocenters. The molecule has 418 valence electrons. The number of carbonyl (C=O) groups excluding carboxylic acids is 5. The quantitative estimate of drug-likeness (QED) is 0.0835. The number of nitrogens with zero attached hydrogens (tertiary/aromatic N) is 6. The lowest BCUT2D eigenvalue weighted by molar-refractivity contribution is -0.141. The molecule has 5 aliphatic rings. The third-order valence-electron chi connectivity index (χ3n) is 16.8. The van der Waals surface area contributed by atoms with Crippen LogP contribution in [0.25, 0.3) is 21.8 Å². The summed E-state index contributed by atoms with van der Waals surface area (Å²) in [6.45, 7) is 13.9. The molecule has 4 aromatic carbocycles. The van der Waals surface area contributed by atoms with E-state index in [-0.39, 0.29) is 67.2 Å². The van der Waals surface area contributed by atoms with Crippen molar-refractivity contribution >= 4 is 62.9 Å². The second-order valence-electron chi connectivity index (χ2n) is 23.6. The number of imidazole rings is 1. The van der Waals surface area contributed by atoms with Crippen molar-refractivity contribution in [2.45, 2.75) is 121 Å². The molecule has 10 rings (SSSR count). The van der Waals surface area contributed by atoms with Crippen LogP contribution in [0.5, 0.6) is 0 Å². The Morgan fingerprint density at radius 3 is 2.29 bits per heavy atom. The summed E-state index contributed by atoms with van der Waals surface area (Å²) in [6, 6.07) is 21.6. The number of piperidine rings is 4. The van der Waals surface area contributed by atoms with E-state index < -0.39 is 41.5 Å². The van der Waals surface area contributed by atoms with Gasteiger partial charge in [0.15, 0.2) is 0 Å². The summed E-state index contributed by atoms with van der Waals surface area (Å²) in [5.74, 6) is 6.28. The van der Waals surface area contributed by atoms with Crippen LogP contribution >= 0.6 is 0 Å². The molecule has 79 heavy (non-hydrogen) atoms. The monoisotopic (exact) mass is 1080 g/mol. The number of halogens is 1. The fourth-order valence-electron chi connectivity index (χ4n) is 12.3. The van der Waals surface area contributed by atoms with Gasteiger partial charge in [-0.15, -0.1) is 0 Å². The summed E-state index contributed by atoms with van der Waals surface area (Å²) in [4.78, 5) is 86.0. The van der Waals surface area contributed by atoms with Gasteiger partial charge in [0.25, 0.3) is 5.91 Å². The predicted molar refractivity (Wildman–Crippen MR) is 301 cm³/mol. The number of carbonyl (C=O) groups is 5. The number of alkyl halides is 1. The number of hydrogen-bond acceptors (Lipinski definition) is 11. The van der Waals surface area contributed by atoms with E-state index >= 15 is 4.39 Å². The summed E-state index contributed by atoms with van der Waals surface area (Å²) in [5, 5.41) is 22.6. The van der Waals surface area contributed by atoms with Crippen molar-refractivity contribution in [3.63, 3.8) is 0 Å². The van der Waals surface area contributed by atoms with Crippen LogP contribution in [0, 0.1) is 30.6 Å². The standard InChI is InChI=1S/C61H74FN9O8/c1-38-11-15-43(64-50-36-70(35-49(50)62)59(77)79-60(3,4)5)33-48(38)55(73)63-39(2)45-17-14-41(46-9-7-8-10-47(45)46)13-12-40-21-27-67(28-22-40)37-61(78)25-31-69(32-26-61)57(75)42-23-29-68(30-24-42)44-16-18-51-53(34-44)66(6)58(76)71(51)52-19-20-54(72)65-56(52)74/h7-11,14-18,33-34,39-40,42,49-50,52,64,78H,19-32,35-37H2,1-6H3,(H,63,73)(H,65,72,74)/t39-,49-,50+,52?/m1/s1. The van der Waals surface area contributed by atoms with Gasteiger partial charge in [0.1, 0.15) is 17.8 Å². The van der Waals surface area contributed by atoms with E-state index in [4.69, 9.17) is 4.74 Å². The average Bonchev–Trinajstić information content (AvgIpc) is 4.17. The van der Waals surface area contributed by atoms with Gasteiger partial charge in [0.2, 0.25) is 17.7 Å². The molecule has 4 N–H and O–H groups in total. The Bertz CT molecular complexity index is 3290. The summed E-state index contributed by atoms with van der Waals surface area (Å²) in [6.07, 6.45) is 2.86. The van der Waals surface area contributed by atoms with Gasteiger partial charge in [-0.2, -0.15) is 0 Å². The van der Waals surface area contributed by atoms with Crippen molar-refractivity contribution in [1.82, 2.24) is 34.5 Å². The largest absolute Gasteiger partial charge is 0.444 e. The van der Waals surface area contributed by atoms with Gasteiger partial charge in [-0.1, -0.05) is 48.2 Å². The summed E-state index contributed by atoms with van der Waals surface area (Å²) in [5.41, 5.74) is 4.16. The molecule has 0 bridgehead atoms. The van der Waals surface area contributed by atoms with Crippen LogP contribution in [0.2, 0.25) is 0 Å². The Hall–Kier alpha value is -7.23. The second-order valence-corrected chi connectivity index (χ2v) is 23.6. The Morgan fingerprint density at radius 2 is 1.58 bits per heavy atom. The van der Waals surface area contributed by atoms with Gasteiger partial charge < -0.3 is 40.1 Å². The summed E-state index contributed by atoms with van der Waals surface area (Å²) < 4.78 is 23.6. The van der Waals surface area contributed by atoms with E-state index in [1.54, 1.807) is 38.5 Å². The number of fused-ring (bicyclic) bond motifs is 2. The van der Waals surface area contributed by atoms with Crippen LogP contribution in [0.15, 0.2) is 77.6 Å². The predicted octanol–water partition coefficient (Wildman–Crippen LogP) is 6.97. The number of hydrogen-bond donors (Lipinski definition) is 4. The molecule has 5 aromatic rings. The normalized spacial score (nSPS) is 21.9. The number of aliphatic hydroxyl groups is 1. The zero-order valence-corrected chi connectivity index (χ0v) is 46.3. The van der Waals surface area contributed by atoms with Crippen molar-refractivity contribution in [3.05, 3.63) is 106 Å². The van der Waals surface area contributed by atoms with Crippen molar-refractivity contribution in [1.29, 1.82) is 0 Å². The van der Waals surface area contributed by atoms with E-state index in [0.29, 0.717) is 80.7 Å². The average molecular weight is 1080 g/mol. The number of likely N-dealkylation sites (tertiary alicyclic amines) is 3. The van der Waals surface area contributed by atoms with Crippen LogP contribution in [0.3, 0.4) is 0 Å². The molecular weight excluding hydrogens is 1010 g/mol. The van der Waals surface area contributed by atoms with Gasteiger partial charge in [-0.05, 0) is 151 Å². The molecule has 1 aromatic heterocycles. The molecule has 0 spiro atoms. The van der Waals surface area contributed by atoms with Gasteiger partial charge in [0.05, 0.1) is 35.3 Å². The minimum atomic E-state index is -1.30. The molecule has 17 nitrogen and oxygen atoms in total. The van der Waals surface area contributed by atoms with Crippen LogP contribution in [-0.4, -0.2) is 141 Å². The van der Waals surface area contributed by atoms with E-state index in [1.165, 1.54) is 9.47 Å². The Balaban J connectivity index is 0.683. The first-order valence-electron chi connectivity index (χ1n) is 28.1. The highest BCUT2D eigenvalue weighted by molar-refractivity contribution is 6.00. The second kappa shape index (κ2) is 22.5. The third kappa shape index (κ3) is 12.0. The molecule has 4 atom stereocenters. The first-order chi connectivity index (χ1) is 37.7. The Kier molecular flexibility index (Phi) is 15.7. The summed E-state index contributed by atoms with van der Waals surface area (Å²) >= 11 is 0. The van der Waals surface area contributed by atoms with Gasteiger partial charge >= 0.3 is 11.8 Å². The Labute approximate surface area is 460 Å². The minimum Gasteiger partial charge on any atom is -0.444 e. The number of benzene rings is 4. The van der Waals surface area contributed by atoms with Gasteiger partial charge in [-0.25, -0.2) is 14.0 Å². The number of rotatable bonds is 10. The van der Waals surface area contributed by atoms with Crippen molar-refractivity contribution in [2.24, 2.45) is 18.9 Å². The van der Waals surface area contributed by atoms with E-state index in [9.17, 15) is 33.9 Å². The zero-order valence-electron chi connectivity index (χ0n) is 46.3. The molecule has 0 radical (unpaired) electrons. The molecular formula is C61H74FN9O8. The van der Waals surface area contributed by atoms with Crippen molar-refractivity contribution < 1.29 is 38.2 Å². The number of β-amino-alcohol motifs (C(OH)–C–C–N with tert-alkyl or cyclic N) is 1. The van der Waals surface area contributed by atoms with Crippen molar-refractivity contribution in [3.8, 4) is 11.8 Å². The highest BCUT2D eigenvalue weighted by atomic mass is 19.1. The summed E-state index contributed by atoms with van der Waals surface area (Å²) in [7, 11) is 1.69. The Morgan fingerprint density at radius 1 is 0.861 bits per heavy atom. The highest BCUT2D eigenvalue weighted by Gasteiger charge is 2.40. The van der Waals surface area contributed by atoms with Crippen LogP contribution in [0.1, 0.15) is 118 Å². The van der Waals surface area contributed by atoms with E-state index in [1.807, 2.05) is 73.3 Å². The first-order valence-corrected chi connectivity index (χ1v) is 28.1. The van der Waals surface area contributed by atoms with E-state index in [0.717, 1.165) is 59.1 Å². The lowest BCUT2D eigenvalue weighted by Gasteiger charge is -2.43. The van der Waals surface area contributed by atoms with Gasteiger partial charge in [0, 0.05) is 87.1 Å². The minimum absolute atomic E-state index is 0.0732. The van der Waals surface area contributed by atoms with E-state index in [2.05, 4.69) is 49.7 Å². The number of aryl methyl sites for hydroxylation is 2. The van der Waals surface area contributed by atoms with Crippen LogP contribution < -0.4 is 26.5 Å². The molecule has 5 saturated heterocycles. The molecule has 6 heterocycles. The third-order valence-corrected chi connectivity index (χ3v) is 16.8. The molecule has 5 aliphatic heterocycles. The number of aromatic nitrogens is 2. The topological polar surface area (TPSA) is 191 Å². The van der Waals surface area contributed by atoms with Gasteiger partial charge in [-0.3, -0.25) is 33.6 Å². The first kappa shape index (κ1) is 55.1. The number of anilines is 2. The number of nitrogens with one attached hydrogen (secondary N) is 3. The molecule has 5 amide bonds. The number of imide groups is 1. The number of ether oxygens (including phenoxy) is 1. The van der Waals surface area contributed by atoms with Crippen LogP contribution in [0.4, 0.5) is 20.6 Å². The smallest absolute Gasteiger partial charge is 0.410 e. The zero-order chi connectivity index (χ0) is 55.9. The fraction of sp³-hybridized carbons (Fsp3) is 0.508. The van der Waals surface area contributed by atoms with Crippen LogP contribution in [-0.2, 0) is 26.2 Å². The number of amides is 5. The molecule has 0 aliphatic carbocycles. The SMILES string of the molecule is Cc1ccc(N[C@H]2CN(C(=O)OC(C)(C)C)C[C@H]2F)cc1C(=O)N[C@H](C)c1ccc(C#CC2CCN(CC3(O)CCN(C(=O)C4CCN(c5ccc6c(c5)n(C)c(=O)n6C5CCC(=O)NC5=O)CC4)CC3)CC2)c2ccccc12. The van der Waals surface area contributed by atoms with Crippen molar-refractivity contribution in [2.75, 3.05) is 69.1 Å². The maximum absolute atomic E-state index is 15.1. The molecule has 0 saturated carbocycles. The maximum atomic E-state index is 15.1.